The number of hydrogen-bond acceptors (Lipinski definition) is 6. The highest BCUT2D eigenvalue weighted by Crippen LogP contribution is 2.22. The molecule has 4 N–H and O–H groups in total. The van der Waals surface area contributed by atoms with Gasteiger partial charge in [0.15, 0.2) is 0 Å². The van der Waals surface area contributed by atoms with Gasteiger partial charge in [0.1, 0.15) is 6.04 Å². The summed E-state index contributed by atoms with van der Waals surface area (Å²) >= 11 is 0. The van der Waals surface area contributed by atoms with Gasteiger partial charge in [0, 0.05) is 5.69 Å². The Hall–Kier alpha value is -1.97. The lowest BCUT2D eigenvalue weighted by Crippen LogP contribution is -2.59. The summed E-state index contributed by atoms with van der Waals surface area (Å²) in [5.74, 6) is 3.99. The maximum Gasteiger partial charge on any atom is 0.245 e. The molecule has 9 heteroatoms. The van der Waals surface area contributed by atoms with Crippen LogP contribution in [0.25, 0.3) is 0 Å². The number of piperazine rings is 1. The molecule has 1 aromatic rings. The van der Waals surface area contributed by atoms with Crippen molar-refractivity contribution in [2.45, 2.75) is 24.3 Å². The summed E-state index contributed by atoms with van der Waals surface area (Å²) in [6.07, 6.45) is 0.279. The Kier molecular flexibility index (Phi) is 4.26. The highest BCUT2D eigenvalue weighted by Gasteiger charge is 2.40. The largest absolute Gasteiger partial charge is 0.324 e. The smallest absolute Gasteiger partial charge is 0.245 e. The maximum atomic E-state index is 12.6. The van der Waals surface area contributed by atoms with Crippen LogP contribution in [0.2, 0.25) is 0 Å². The second kappa shape index (κ2) is 5.80. The first-order chi connectivity index (χ1) is 9.90. The van der Waals surface area contributed by atoms with E-state index in [0.717, 1.165) is 4.31 Å². The number of sulfonamides is 1. The Morgan fingerprint density at radius 2 is 1.95 bits per heavy atom. The van der Waals surface area contributed by atoms with E-state index in [4.69, 9.17) is 5.84 Å². The van der Waals surface area contributed by atoms with E-state index in [2.05, 4.69) is 10.7 Å². The number of nitrogen functional groups attached to an aromatic ring is 1. The van der Waals surface area contributed by atoms with Crippen molar-refractivity contribution < 1.29 is 18.0 Å². The molecule has 8 nitrogen and oxygen atoms in total. The zero-order valence-electron chi connectivity index (χ0n) is 11.4. The molecule has 1 saturated heterocycles. The lowest BCUT2D eigenvalue weighted by molar-refractivity contribution is -0.137. The summed E-state index contributed by atoms with van der Waals surface area (Å²) in [7, 11) is -3.93. The molecule has 1 aliphatic heterocycles. The van der Waals surface area contributed by atoms with Crippen LogP contribution in [0.4, 0.5) is 5.69 Å². The third kappa shape index (κ3) is 2.89. The van der Waals surface area contributed by atoms with Crippen molar-refractivity contribution in [3.63, 3.8) is 0 Å². The van der Waals surface area contributed by atoms with E-state index in [1.807, 2.05) is 0 Å². The Bertz CT molecular complexity index is 656. The van der Waals surface area contributed by atoms with Gasteiger partial charge in [-0.3, -0.25) is 20.7 Å². The summed E-state index contributed by atoms with van der Waals surface area (Å²) < 4.78 is 26.1. The van der Waals surface area contributed by atoms with E-state index in [-0.39, 0.29) is 17.9 Å². The molecular weight excluding hydrogens is 296 g/mol. The lowest BCUT2D eigenvalue weighted by Gasteiger charge is -2.32. The summed E-state index contributed by atoms with van der Waals surface area (Å²) in [5.41, 5.74) is 2.94. The number of benzene rings is 1. The SMILES string of the molecule is CCC1C(=O)NC(=O)CN1S(=O)(=O)c1ccc(NN)cc1. The first-order valence-electron chi connectivity index (χ1n) is 6.32. The molecule has 114 valence electrons. The molecule has 21 heavy (non-hydrogen) atoms. The molecule has 1 atom stereocenters. The molecular formula is C12H16N4O4S. The van der Waals surface area contributed by atoms with Gasteiger partial charge in [-0.15, -0.1) is 0 Å². The first-order valence-corrected chi connectivity index (χ1v) is 7.76. The molecule has 0 radical (unpaired) electrons. The van der Waals surface area contributed by atoms with Gasteiger partial charge in [0.25, 0.3) is 0 Å². The molecule has 1 aromatic carbocycles. The molecule has 0 bridgehead atoms. The van der Waals surface area contributed by atoms with Crippen molar-refractivity contribution in [3.05, 3.63) is 24.3 Å². The standard InChI is InChI=1S/C12H16N4O4S/c1-2-10-12(18)14-11(17)7-16(10)21(19,20)9-5-3-8(15-13)4-6-9/h3-6,10,15H,2,7,13H2,1H3,(H,14,17,18). The highest BCUT2D eigenvalue weighted by atomic mass is 32.2. The fraction of sp³-hybridized carbons (Fsp3) is 0.333. The minimum absolute atomic E-state index is 0.00227. The summed E-state index contributed by atoms with van der Waals surface area (Å²) in [4.78, 5) is 23.2. The van der Waals surface area contributed by atoms with Gasteiger partial charge in [0.05, 0.1) is 11.4 Å². The highest BCUT2D eigenvalue weighted by molar-refractivity contribution is 7.89. The molecule has 0 saturated carbocycles. The predicted molar refractivity (Wildman–Crippen MR) is 75.4 cm³/mol. The molecule has 0 aliphatic carbocycles. The number of hydrogen-bond donors (Lipinski definition) is 3. The second-order valence-electron chi connectivity index (χ2n) is 4.56. The number of nitrogens with one attached hydrogen (secondary N) is 2. The van der Waals surface area contributed by atoms with Crippen LogP contribution >= 0.6 is 0 Å². The van der Waals surface area contributed by atoms with Crippen LogP contribution in [0.15, 0.2) is 29.2 Å². The maximum absolute atomic E-state index is 12.6. The Morgan fingerprint density at radius 1 is 1.33 bits per heavy atom. The molecule has 1 heterocycles. The van der Waals surface area contributed by atoms with Gasteiger partial charge in [-0.2, -0.15) is 4.31 Å². The van der Waals surface area contributed by atoms with Gasteiger partial charge < -0.3 is 5.43 Å². The first kappa shape index (κ1) is 15.4. The van der Waals surface area contributed by atoms with Crippen LogP contribution in [0.5, 0.6) is 0 Å². The molecule has 1 unspecified atom stereocenters. The van der Waals surface area contributed by atoms with E-state index < -0.39 is 27.9 Å². The molecule has 1 fully saturated rings. The quantitative estimate of drug-likeness (QED) is 0.388. The number of nitrogens with two attached hydrogens (primary N) is 1. The van der Waals surface area contributed by atoms with Crippen molar-refractivity contribution in [2.75, 3.05) is 12.0 Å². The number of carbonyl (C=O) groups excluding carboxylic acids is 2. The molecule has 0 spiro atoms. The summed E-state index contributed by atoms with van der Waals surface area (Å²) in [5, 5.41) is 2.14. The minimum atomic E-state index is -3.93. The van der Waals surface area contributed by atoms with Gasteiger partial charge in [-0.1, -0.05) is 6.92 Å². The van der Waals surface area contributed by atoms with Crippen LogP contribution < -0.4 is 16.6 Å². The molecule has 1 aliphatic rings. The van der Waals surface area contributed by atoms with Crippen molar-refractivity contribution in [2.24, 2.45) is 5.84 Å². The van der Waals surface area contributed by atoms with E-state index >= 15 is 0 Å². The van der Waals surface area contributed by atoms with Crippen LogP contribution in [0, 0.1) is 0 Å². The number of carbonyl (C=O) groups is 2. The monoisotopic (exact) mass is 312 g/mol. The number of imide groups is 1. The average molecular weight is 312 g/mol. The molecule has 2 rings (SSSR count). The van der Waals surface area contributed by atoms with Crippen molar-refractivity contribution in [1.82, 2.24) is 9.62 Å². The van der Waals surface area contributed by atoms with Gasteiger partial charge in [-0.05, 0) is 30.7 Å². The third-order valence-electron chi connectivity index (χ3n) is 3.23. The van der Waals surface area contributed by atoms with Crippen molar-refractivity contribution in [3.8, 4) is 0 Å². The molecule has 0 aromatic heterocycles. The minimum Gasteiger partial charge on any atom is -0.324 e. The second-order valence-corrected chi connectivity index (χ2v) is 6.45. The van der Waals surface area contributed by atoms with Crippen molar-refractivity contribution in [1.29, 1.82) is 0 Å². The number of anilines is 1. The fourth-order valence-corrected chi connectivity index (χ4v) is 3.76. The van der Waals surface area contributed by atoms with E-state index in [0.29, 0.717) is 5.69 Å². The molecule has 2 amide bonds. The van der Waals surface area contributed by atoms with Gasteiger partial charge in [0.2, 0.25) is 21.8 Å². The van der Waals surface area contributed by atoms with E-state index in [1.54, 1.807) is 6.92 Å². The summed E-state index contributed by atoms with van der Waals surface area (Å²) in [6, 6.07) is 4.85. The van der Waals surface area contributed by atoms with Crippen LogP contribution in [0.1, 0.15) is 13.3 Å². The topological polar surface area (TPSA) is 122 Å². The van der Waals surface area contributed by atoms with Crippen molar-refractivity contribution >= 4 is 27.5 Å². The number of rotatable bonds is 4. The van der Waals surface area contributed by atoms with Gasteiger partial charge in [-0.25, -0.2) is 8.42 Å². The third-order valence-corrected chi connectivity index (χ3v) is 5.10. The fourth-order valence-electron chi connectivity index (χ4n) is 2.14. The van der Waals surface area contributed by atoms with Crippen LogP contribution in [0.3, 0.4) is 0 Å². The van der Waals surface area contributed by atoms with Crippen LogP contribution in [-0.2, 0) is 19.6 Å². The lowest BCUT2D eigenvalue weighted by atomic mass is 10.2. The normalized spacial score (nSPS) is 20.2. The Balaban J connectivity index is 2.40. The average Bonchev–Trinajstić information content (AvgIpc) is 2.46. The predicted octanol–water partition coefficient (Wildman–Crippen LogP) is -0.602. The van der Waals surface area contributed by atoms with Crippen LogP contribution in [-0.4, -0.2) is 37.1 Å². The van der Waals surface area contributed by atoms with E-state index in [1.165, 1.54) is 24.3 Å². The Morgan fingerprint density at radius 3 is 2.48 bits per heavy atom. The summed E-state index contributed by atoms with van der Waals surface area (Å²) in [6.45, 7) is 1.31. The van der Waals surface area contributed by atoms with E-state index in [9.17, 15) is 18.0 Å². The Labute approximate surface area is 122 Å². The van der Waals surface area contributed by atoms with Gasteiger partial charge >= 0.3 is 0 Å². The zero-order chi connectivity index (χ0) is 15.6. The number of nitrogens with zero attached hydrogens (tertiary/aromatic N) is 1. The zero-order valence-corrected chi connectivity index (χ0v) is 12.2. The number of amides is 2. The number of hydrazine groups is 1.